The number of fused-ring (bicyclic) bond motifs is 2. The van der Waals surface area contributed by atoms with Crippen molar-refractivity contribution in [1.82, 2.24) is 0 Å². The van der Waals surface area contributed by atoms with Gasteiger partial charge in [-0.15, -0.1) is 0 Å². The van der Waals surface area contributed by atoms with E-state index in [1.807, 2.05) is 0 Å². The topological polar surface area (TPSA) is 164 Å². The number of benzene rings is 4. The molecule has 4 rings (SSSR count). The molecule has 8 nitrogen and oxygen atoms in total. The number of hydrogen-bond acceptors (Lipinski definition) is 8. The van der Waals surface area contributed by atoms with Crippen molar-refractivity contribution < 1.29 is 19.2 Å². The summed E-state index contributed by atoms with van der Waals surface area (Å²) in [6, 6.07) is 33.4. The lowest BCUT2D eigenvalue weighted by atomic mass is 10.1. The van der Waals surface area contributed by atoms with Crippen LogP contribution in [-0.4, -0.2) is 24.3 Å². The number of isocyanates is 4. The van der Waals surface area contributed by atoms with Crippen molar-refractivity contribution in [3.63, 3.8) is 0 Å². The second kappa shape index (κ2) is 22.2. The zero-order valence-electron chi connectivity index (χ0n) is 16.9. The maximum absolute atomic E-state index is 8.35. The minimum atomic E-state index is 0.750. The van der Waals surface area contributed by atoms with Crippen molar-refractivity contribution in [3.8, 4) is 0 Å². The molecule has 0 amide bonds. The largest absolute Gasteiger partial charge is 0.231 e. The molecular weight excluding hydrogens is 408 g/mol. The van der Waals surface area contributed by atoms with Crippen molar-refractivity contribution >= 4 is 45.9 Å². The van der Waals surface area contributed by atoms with Gasteiger partial charge >= 0.3 is 0 Å². The molecule has 4 aromatic rings. The summed E-state index contributed by atoms with van der Waals surface area (Å²) in [7, 11) is 0. The van der Waals surface area contributed by atoms with Gasteiger partial charge in [-0.3, -0.25) is 0 Å². The molecule has 0 saturated heterocycles. The van der Waals surface area contributed by atoms with Crippen molar-refractivity contribution in [2.45, 2.75) is 0 Å². The van der Waals surface area contributed by atoms with Crippen LogP contribution in [0, 0.1) is 21.6 Å². The fraction of sp³-hybridized carbons (Fsp3) is 0. The van der Waals surface area contributed by atoms with Gasteiger partial charge in [0.25, 0.3) is 0 Å². The van der Waals surface area contributed by atoms with Crippen molar-refractivity contribution in [1.29, 1.82) is 21.6 Å². The van der Waals surface area contributed by atoms with E-state index < -0.39 is 0 Å². The molecule has 0 radical (unpaired) electrons. The summed E-state index contributed by atoms with van der Waals surface area (Å²) in [5, 5.41) is 26.9. The van der Waals surface area contributed by atoms with Gasteiger partial charge in [-0.05, 0) is 21.5 Å². The standard InChI is InChI=1S/2C10H8.4CHNO/c2*1-2-6-10-8-4-3-7-9(10)5-1;4*2-1-3/h2*1-8H;4*2H. The smallest absolute Gasteiger partial charge is 0.222 e. The highest BCUT2D eigenvalue weighted by atomic mass is 16.1. The van der Waals surface area contributed by atoms with Crippen LogP contribution in [0.4, 0.5) is 0 Å². The quantitative estimate of drug-likeness (QED) is 0.221. The Labute approximate surface area is 184 Å². The van der Waals surface area contributed by atoms with Crippen LogP contribution in [-0.2, 0) is 19.2 Å². The fourth-order valence-electron chi connectivity index (χ4n) is 2.27. The summed E-state index contributed by atoms with van der Waals surface area (Å²) in [5.41, 5.74) is 0. The van der Waals surface area contributed by atoms with Gasteiger partial charge in [0.1, 0.15) is 0 Å². The Bertz CT molecular complexity index is 934. The van der Waals surface area contributed by atoms with Crippen LogP contribution in [0.15, 0.2) is 97.1 Å². The van der Waals surface area contributed by atoms with Gasteiger partial charge in [0.05, 0.1) is 0 Å². The molecule has 4 aromatic carbocycles. The zero-order valence-corrected chi connectivity index (χ0v) is 16.9. The molecule has 0 heterocycles. The van der Waals surface area contributed by atoms with Crippen LogP contribution in [0.2, 0.25) is 0 Å². The zero-order chi connectivity index (χ0) is 24.5. The molecule has 0 saturated carbocycles. The highest BCUT2D eigenvalue weighted by Gasteiger charge is 1.86. The summed E-state index contributed by atoms with van der Waals surface area (Å²) in [5.74, 6) is 0. The predicted molar refractivity (Wildman–Crippen MR) is 122 cm³/mol. The Morgan fingerprint density at radius 3 is 0.531 bits per heavy atom. The summed E-state index contributed by atoms with van der Waals surface area (Å²) < 4.78 is 0. The summed E-state index contributed by atoms with van der Waals surface area (Å²) in [4.78, 5) is 33.4. The van der Waals surface area contributed by atoms with Gasteiger partial charge in [0.2, 0.25) is 24.3 Å². The average Bonchev–Trinajstić information content (AvgIpc) is 2.82. The van der Waals surface area contributed by atoms with Gasteiger partial charge in [0.15, 0.2) is 0 Å². The molecule has 0 unspecified atom stereocenters. The lowest BCUT2D eigenvalue weighted by Crippen LogP contribution is -1.67. The Balaban J connectivity index is 0. The first-order chi connectivity index (χ1) is 15.6. The first-order valence-electron chi connectivity index (χ1n) is 8.63. The van der Waals surface area contributed by atoms with Gasteiger partial charge in [0, 0.05) is 0 Å². The van der Waals surface area contributed by atoms with Gasteiger partial charge in [-0.1, -0.05) is 97.1 Å². The first-order valence-corrected chi connectivity index (χ1v) is 8.63. The Hall–Kier alpha value is -5.08. The predicted octanol–water partition coefficient (Wildman–Crippen LogP) is 5.28. The molecule has 160 valence electrons. The van der Waals surface area contributed by atoms with E-state index in [1.165, 1.54) is 21.5 Å². The van der Waals surface area contributed by atoms with Crippen LogP contribution < -0.4 is 0 Å². The average molecular weight is 428 g/mol. The molecule has 0 aromatic heterocycles. The van der Waals surface area contributed by atoms with E-state index in [0.29, 0.717) is 0 Å². The van der Waals surface area contributed by atoms with E-state index in [1.54, 1.807) is 0 Å². The monoisotopic (exact) mass is 428 g/mol. The molecule has 0 aliphatic carbocycles. The summed E-state index contributed by atoms with van der Waals surface area (Å²) >= 11 is 0. The van der Waals surface area contributed by atoms with Gasteiger partial charge in [-0.25, -0.2) is 40.8 Å². The molecule has 0 atom stereocenters. The van der Waals surface area contributed by atoms with Gasteiger partial charge < -0.3 is 0 Å². The third-order valence-corrected chi connectivity index (χ3v) is 3.32. The highest BCUT2D eigenvalue weighted by Crippen LogP contribution is 2.11. The number of hydrogen-bond donors (Lipinski definition) is 4. The lowest BCUT2D eigenvalue weighted by molar-refractivity contribution is 0.562. The van der Waals surface area contributed by atoms with E-state index >= 15 is 0 Å². The highest BCUT2D eigenvalue weighted by molar-refractivity contribution is 5.82. The third-order valence-electron chi connectivity index (χ3n) is 3.32. The minimum absolute atomic E-state index is 0.750. The van der Waals surface area contributed by atoms with Crippen LogP contribution in [0.3, 0.4) is 0 Å². The van der Waals surface area contributed by atoms with Crippen LogP contribution in [0.5, 0.6) is 0 Å². The molecule has 8 heteroatoms. The summed E-state index contributed by atoms with van der Waals surface area (Å²) in [6.45, 7) is 0. The Morgan fingerprint density at radius 1 is 0.344 bits per heavy atom. The molecular formula is C24H20N4O4. The SMILES string of the molecule is N=C=O.N=C=O.N=C=O.N=C=O.c1ccc2ccccc2c1.c1ccc2ccccc2c1. The van der Waals surface area contributed by atoms with Gasteiger partial charge in [-0.2, -0.15) is 0 Å². The normalized spacial score (nSPS) is 7.25. The second-order valence-corrected chi connectivity index (χ2v) is 5.10. The molecule has 0 fully saturated rings. The lowest BCUT2D eigenvalue weighted by Gasteiger charge is -1.92. The van der Waals surface area contributed by atoms with Crippen LogP contribution in [0.25, 0.3) is 21.5 Å². The Morgan fingerprint density at radius 2 is 0.438 bits per heavy atom. The molecule has 4 N–H and O–H groups in total. The molecule has 0 aliphatic rings. The van der Waals surface area contributed by atoms with E-state index in [0.717, 1.165) is 24.3 Å². The second-order valence-electron chi connectivity index (χ2n) is 5.10. The summed E-state index contributed by atoms with van der Waals surface area (Å²) in [6.07, 6.45) is 3.00. The molecule has 0 bridgehead atoms. The molecule has 0 aliphatic heterocycles. The Kier molecular flexibility index (Phi) is 20.2. The van der Waals surface area contributed by atoms with Crippen LogP contribution >= 0.6 is 0 Å². The number of carbonyl (C=O) groups excluding carboxylic acids is 4. The third kappa shape index (κ3) is 14.9. The minimum Gasteiger partial charge on any atom is -0.222 e. The molecule has 32 heavy (non-hydrogen) atoms. The molecule has 0 spiro atoms. The number of rotatable bonds is 0. The number of nitrogens with one attached hydrogen (secondary N) is 4. The van der Waals surface area contributed by atoms with E-state index in [2.05, 4.69) is 97.1 Å². The van der Waals surface area contributed by atoms with Crippen molar-refractivity contribution in [2.24, 2.45) is 0 Å². The van der Waals surface area contributed by atoms with Crippen molar-refractivity contribution in [3.05, 3.63) is 97.1 Å². The van der Waals surface area contributed by atoms with Crippen molar-refractivity contribution in [2.75, 3.05) is 0 Å². The van der Waals surface area contributed by atoms with E-state index in [9.17, 15) is 0 Å². The van der Waals surface area contributed by atoms with Crippen LogP contribution in [0.1, 0.15) is 0 Å². The maximum Gasteiger partial charge on any atom is 0.231 e. The van der Waals surface area contributed by atoms with E-state index in [-0.39, 0.29) is 0 Å². The maximum atomic E-state index is 8.35. The van der Waals surface area contributed by atoms with E-state index in [4.69, 9.17) is 40.8 Å². The fourth-order valence-corrected chi connectivity index (χ4v) is 2.27. The first kappa shape index (κ1) is 29.1.